The maximum atomic E-state index is 14.2. The van der Waals surface area contributed by atoms with E-state index >= 15 is 0 Å². The fraction of sp³-hybridized carbons (Fsp3) is 0.406. The van der Waals surface area contributed by atoms with Gasteiger partial charge in [0.25, 0.3) is 5.56 Å². The summed E-state index contributed by atoms with van der Waals surface area (Å²) in [4.78, 5) is 23.8. The van der Waals surface area contributed by atoms with Gasteiger partial charge in [-0.2, -0.15) is 4.98 Å². The van der Waals surface area contributed by atoms with E-state index in [-0.39, 0.29) is 11.0 Å². The van der Waals surface area contributed by atoms with Crippen molar-refractivity contribution in [3.05, 3.63) is 87.8 Å². The third-order valence-electron chi connectivity index (χ3n) is 8.40. The van der Waals surface area contributed by atoms with Crippen molar-refractivity contribution in [3.8, 4) is 11.1 Å². The Morgan fingerprint density at radius 1 is 0.974 bits per heavy atom. The summed E-state index contributed by atoms with van der Waals surface area (Å²) in [6.07, 6.45) is 5.84. The Morgan fingerprint density at radius 3 is 2.42 bits per heavy atom. The van der Waals surface area contributed by atoms with Gasteiger partial charge in [0.1, 0.15) is 5.65 Å². The standard InChI is InChI=1S/C32H37N5O/c1-21-10-5-7-14-26(21)27-16-25-17-33-31(35-36-18-22-12-9-13-23(22)19-36)34-29(25)37(30(27)38)20-24-11-6-8-15-28(24)32(2,3)4/h5-8,10-11,14-17,22-23H,9,12-13,18-20H2,1-4H3,(H,33,34,35). The molecule has 2 unspecified atom stereocenters. The van der Waals surface area contributed by atoms with Gasteiger partial charge in [-0.1, -0.05) is 75.7 Å². The predicted octanol–water partition coefficient (Wildman–Crippen LogP) is 6.17. The molecule has 6 nitrogen and oxygen atoms in total. The van der Waals surface area contributed by atoms with Crippen LogP contribution in [-0.2, 0) is 12.0 Å². The van der Waals surface area contributed by atoms with Crippen molar-refractivity contribution in [1.82, 2.24) is 19.5 Å². The Morgan fingerprint density at radius 2 is 1.68 bits per heavy atom. The summed E-state index contributed by atoms with van der Waals surface area (Å²) in [6.45, 7) is 11.2. The van der Waals surface area contributed by atoms with Gasteiger partial charge in [0.05, 0.1) is 6.54 Å². The topological polar surface area (TPSA) is 63.1 Å². The first-order valence-corrected chi connectivity index (χ1v) is 13.8. The van der Waals surface area contributed by atoms with Crippen molar-refractivity contribution in [2.75, 3.05) is 18.5 Å². The average molecular weight is 508 g/mol. The number of aryl methyl sites for hydroxylation is 1. The number of hydrazine groups is 1. The quantitative estimate of drug-likeness (QED) is 0.350. The Kier molecular flexibility index (Phi) is 6.31. The van der Waals surface area contributed by atoms with Gasteiger partial charge in [-0.05, 0) is 65.3 Å². The number of nitrogens with one attached hydrogen (secondary N) is 1. The zero-order valence-corrected chi connectivity index (χ0v) is 22.9. The molecule has 3 heterocycles. The van der Waals surface area contributed by atoms with Crippen LogP contribution in [0.5, 0.6) is 0 Å². The van der Waals surface area contributed by atoms with Crippen LogP contribution in [0.2, 0.25) is 0 Å². The number of nitrogens with zero attached hydrogens (tertiary/aromatic N) is 4. The molecule has 6 rings (SSSR count). The molecular weight excluding hydrogens is 470 g/mol. The van der Waals surface area contributed by atoms with Crippen LogP contribution in [0.15, 0.2) is 65.6 Å². The normalized spacial score (nSPS) is 19.7. The fourth-order valence-electron chi connectivity index (χ4n) is 6.46. The molecule has 38 heavy (non-hydrogen) atoms. The van der Waals surface area contributed by atoms with Gasteiger partial charge in [-0.3, -0.25) is 14.8 Å². The van der Waals surface area contributed by atoms with E-state index in [1.165, 1.54) is 24.8 Å². The van der Waals surface area contributed by atoms with E-state index in [0.29, 0.717) is 23.7 Å². The minimum Gasteiger partial charge on any atom is -0.288 e. The van der Waals surface area contributed by atoms with Crippen molar-refractivity contribution >= 4 is 17.0 Å². The van der Waals surface area contributed by atoms with E-state index in [1.807, 2.05) is 48.0 Å². The minimum absolute atomic E-state index is 0.0316. The second-order valence-corrected chi connectivity index (χ2v) is 12.1. The van der Waals surface area contributed by atoms with E-state index in [2.05, 4.69) is 60.5 Å². The molecule has 2 atom stereocenters. The smallest absolute Gasteiger partial charge is 0.260 e. The van der Waals surface area contributed by atoms with Crippen LogP contribution in [0.1, 0.15) is 56.7 Å². The number of anilines is 1. The van der Waals surface area contributed by atoms with Crippen molar-refractivity contribution in [1.29, 1.82) is 0 Å². The molecular formula is C32H37N5O. The molecule has 196 valence electrons. The molecule has 1 saturated carbocycles. The molecule has 0 bridgehead atoms. The van der Waals surface area contributed by atoms with Gasteiger partial charge in [-0.15, -0.1) is 0 Å². The number of fused-ring (bicyclic) bond motifs is 2. The first kappa shape index (κ1) is 24.8. The number of pyridine rings is 1. The van der Waals surface area contributed by atoms with Crippen molar-refractivity contribution in [2.45, 2.75) is 58.9 Å². The molecule has 0 spiro atoms. The Bertz CT molecular complexity index is 1540. The summed E-state index contributed by atoms with van der Waals surface area (Å²) in [7, 11) is 0. The largest absolute Gasteiger partial charge is 0.288 e. The van der Waals surface area contributed by atoms with Crippen LogP contribution in [0.3, 0.4) is 0 Å². The molecule has 1 saturated heterocycles. The molecule has 2 aliphatic rings. The monoisotopic (exact) mass is 507 g/mol. The molecule has 2 aromatic carbocycles. The Hall–Kier alpha value is -3.51. The highest BCUT2D eigenvalue weighted by atomic mass is 16.1. The lowest BCUT2D eigenvalue weighted by Gasteiger charge is -2.24. The number of benzene rings is 2. The highest BCUT2D eigenvalue weighted by Gasteiger charge is 2.36. The maximum absolute atomic E-state index is 14.2. The molecule has 2 aromatic heterocycles. The number of hydrogen-bond donors (Lipinski definition) is 1. The number of hydrogen-bond acceptors (Lipinski definition) is 5. The third-order valence-corrected chi connectivity index (χ3v) is 8.40. The highest BCUT2D eigenvalue weighted by Crippen LogP contribution is 2.37. The lowest BCUT2D eigenvalue weighted by atomic mass is 9.84. The molecule has 6 heteroatoms. The van der Waals surface area contributed by atoms with E-state index in [1.54, 1.807) is 0 Å². The summed E-state index contributed by atoms with van der Waals surface area (Å²) in [5.74, 6) is 2.09. The second kappa shape index (κ2) is 9.66. The van der Waals surface area contributed by atoms with Crippen molar-refractivity contribution in [3.63, 3.8) is 0 Å². The maximum Gasteiger partial charge on any atom is 0.260 e. The first-order chi connectivity index (χ1) is 18.3. The minimum atomic E-state index is -0.0425. The summed E-state index contributed by atoms with van der Waals surface area (Å²) in [6, 6.07) is 18.4. The van der Waals surface area contributed by atoms with E-state index in [4.69, 9.17) is 4.98 Å². The van der Waals surface area contributed by atoms with Crippen LogP contribution in [-0.4, -0.2) is 32.6 Å². The zero-order chi connectivity index (χ0) is 26.4. The molecule has 4 aromatic rings. The van der Waals surface area contributed by atoms with Gasteiger partial charge in [0.2, 0.25) is 5.95 Å². The lowest BCUT2D eigenvalue weighted by molar-refractivity contribution is 0.369. The molecule has 1 N–H and O–H groups in total. The Balaban J connectivity index is 1.47. The van der Waals surface area contributed by atoms with Crippen LogP contribution >= 0.6 is 0 Å². The van der Waals surface area contributed by atoms with Crippen molar-refractivity contribution < 1.29 is 0 Å². The summed E-state index contributed by atoms with van der Waals surface area (Å²) < 4.78 is 1.84. The fourth-order valence-corrected chi connectivity index (χ4v) is 6.46. The van der Waals surface area contributed by atoms with Crippen molar-refractivity contribution in [2.24, 2.45) is 11.8 Å². The zero-order valence-electron chi connectivity index (χ0n) is 22.9. The molecule has 1 aliphatic carbocycles. The average Bonchev–Trinajstić information content (AvgIpc) is 3.48. The lowest BCUT2D eigenvalue weighted by Crippen LogP contribution is -2.30. The van der Waals surface area contributed by atoms with E-state index in [0.717, 1.165) is 47.0 Å². The van der Waals surface area contributed by atoms with Crippen LogP contribution < -0.4 is 11.0 Å². The van der Waals surface area contributed by atoms with Crippen LogP contribution in [0, 0.1) is 18.8 Å². The van der Waals surface area contributed by atoms with Crippen LogP contribution in [0.25, 0.3) is 22.2 Å². The van der Waals surface area contributed by atoms with E-state index < -0.39 is 0 Å². The van der Waals surface area contributed by atoms with Gasteiger partial charge >= 0.3 is 0 Å². The number of rotatable bonds is 5. The van der Waals surface area contributed by atoms with Crippen LogP contribution in [0.4, 0.5) is 5.95 Å². The van der Waals surface area contributed by atoms with Gasteiger partial charge in [0.15, 0.2) is 0 Å². The predicted molar refractivity (Wildman–Crippen MR) is 154 cm³/mol. The molecule has 1 aliphatic heterocycles. The molecule has 0 amide bonds. The SMILES string of the molecule is Cc1ccccc1-c1cc2cnc(NN3CC4CCCC4C3)nc2n(Cc2ccccc2C(C)(C)C)c1=O. The summed E-state index contributed by atoms with van der Waals surface area (Å²) in [5, 5.41) is 3.12. The van der Waals surface area contributed by atoms with Gasteiger partial charge in [-0.25, -0.2) is 9.99 Å². The van der Waals surface area contributed by atoms with Gasteiger partial charge in [0, 0.05) is 30.2 Å². The highest BCUT2D eigenvalue weighted by molar-refractivity contribution is 5.82. The van der Waals surface area contributed by atoms with E-state index in [9.17, 15) is 4.79 Å². The first-order valence-electron chi connectivity index (χ1n) is 13.8. The Labute approximate surface area is 224 Å². The van der Waals surface area contributed by atoms with Gasteiger partial charge < -0.3 is 0 Å². The number of aromatic nitrogens is 3. The molecule has 0 radical (unpaired) electrons. The summed E-state index contributed by atoms with van der Waals surface area (Å²) in [5.41, 5.74) is 9.11. The molecule has 2 fully saturated rings. The third kappa shape index (κ3) is 4.62. The summed E-state index contributed by atoms with van der Waals surface area (Å²) >= 11 is 0. The second-order valence-electron chi connectivity index (χ2n) is 12.1.